The highest BCUT2D eigenvalue weighted by Crippen LogP contribution is 2.12. The van der Waals surface area contributed by atoms with Crippen LogP contribution in [-0.4, -0.2) is 24.7 Å². The molecule has 0 saturated heterocycles. The molecule has 2 aromatic rings. The van der Waals surface area contributed by atoms with Gasteiger partial charge in [-0.15, -0.1) is 12.8 Å². The van der Waals surface area contributed by atoms with Crippen LogP contribution in [0.1, 0.15) is 29.2 Å². The number of rotatable bonds is 8. The Morgan fingerprint density at radius 1 is 0.833 bits per heavy atom. The molecular formula is C22H23NO. The SMILES string of the molecule is C#Cc1ccc(CN(CCOCC)Cc2ccc(C#C)cc2)cc1. The van der Waals surface area contributed by atoms with Crippen LogP contribution in [0.5, 0.6) is 0 Å². The quantitative estimate of drug-likeness (QED) is 0.544. The molecule has 0 N–H and O–H groups in total. The zero-order valence-corrected chi connectivity index (χ0v) is 14.2. The molecule has 0 aliphatic heterocycles. The van der Waals surface area contributed by atoms with Gasteiger partial charge in [0.2, 0.25) is 0 Å². The van der Waals surface area contributed by atoms with E-state index in [2.05, 4.69) is 41.0 Å². The lowest BCUT2D eigenvalue weighted by molar-refractivity contribution is 0.108. The molecule has 0 aliphatic carbocycles. The molecule has 24 heavy (non-hydrogen) atoms. The third-order valence-corrected chi connectivity index (χ3v) is 3.81. The van der Waals surface area contributed by atoms with E-state index in [0.717, 1.165) is 44.0 Å². The maximum Gasteiger partial charge on any atom is 0.0593 e. The average Bonchev–Trinajstić information content (AvgIpc) is 2.63. The summed E-state index contributed by atoms with van der Waals surface area (Å²) >= 11 is 0. The number of ether oxygens (including phenoxy) is 1. The molecule has 0 spiro atoms. The Balaban J connectivity index is 2.04. The molecular weight excluding hydrogens is 294 g/mol. The summed E-state index contributed by atoms with van der Waals surface area (Å²) in [5.41, 5.74) is 4.30. The van der Waals surface area contributed by atoms with Crippen molar-refractivity contribution in [1.82, 2.24) is 4.90 Å². The highest BCUT2D eigenvalue weighted by atomic mass is 16.5. The van der Waals surface area contributed by atoms with E-state index in [1.165, 1.54) is 11.1 Å². The summed E-state index contributed by atoms with van der Waals surface area (Å²) in [4.78, 5) is 2.37. The Kier molecular flexibility index (Phi) is 7.12. The Hall–Kier alpha value is -2.52. The molecule has 0 aliphatic rings. The van der Waals surface area contributed by atoms with Gasteiger partial charge in [0.1, 0.15) is 0 Å². The first-order valence-corrected chi connectivity index (χ1v) is 8.16. The number of nitrogens with zero attached hydrogens (tertiary/aromatic N) is 1. The van der Waals surface area contributed by atoms with E-state index < -0.39 is 0 Å². The maximum atomic E-state index is 5.52. The first-order valence-electron chi connectivity index (χ1n) is 8.16. The zero-order valence-electron chi connectivity index (χ0n) is 14.2. The molecule has 0 heterocycles. The van der Waals surface area contributed by atoms with Crippen molar-refractivity contribution >= 4 is 0 Å². The highest BCUT2D eigenvalue weighted by Gasteiger charge is 2.07. The monoisotopic (exact) mass is 317 g/mol. The van der Waals surface area contributed by atoms with Crippen LogP contribution < -0.4 is 0 Å². The summed E-state index contributed by atoms with van der Waals surface area (Å²) in [7, 11) is 0. The van der Waals surface area contributed by atoms with Crippen LogP contribution in [0.15, 0.2) is 48.5 Å². The fourth-order valence-electron chi connectivity index (χ4n) is 2.48. The summed E-state index contributed by atoms with van der Waals surface area (Å²) < 4.78 is 5.52. The van der Waals surface area contributed by atoms with Crippen molar-refractivity contribution in [3.05, 3.63) is 70.8 Å². The minimum Gasteiger partial charge on any atom is -0.380 e. The molecule has 0 saturated carbocycles. The number of benzene rings is 2. The second-order valence-corrected chi connectivity index (χ2v) is 5.59. The van der Waals surface area contributed by atoms with E-state index in [1.54, 1.807) is 0 Å². The minimum absolute atomic E-state index is 0.724. The van der Waals surface area contributed by atoms with E-state index in [-0.39, 0.29) is 0 Å². The van der Waals surface area contributed by atoms with E-state index in [9.17, 15) is 0 Å². The van der Waals surface area contributed by atoms with Gasteiger partial charge in [-0.25, -0.2) is 0 Å². The summed E-state index contributed by atoms with van der Waals surface area (Å²) in [5.74, 6) is 5.30. The van der Waals surface area contributed by atoms with Crippen molar-refractivity contribution in [2.75, 3.05) is 19.8 Å². The van der Waals surface area contributed by atoms with Gasteiger partial charge < -0.3 is 4.74 Å². The number of hydrogen-bond donors (Lipinski definition) is 0. The van der Waals surface area contributed by atoms with Gasteiger partial charge in [0.05, 0.1) is 6.61 Å². The smallest absolute Gasteiger partial charge is 0.0593 e. The molecule has 0 fully saturated rings. The van der Waals surface area contributed by atoms with E-state index >= 15 is 0 Å². The van der Waals surface area contributed by atoms with Crippen LogP contribution in [0.4, 0.5) is 0 Å². The van der Waals surface area contributed by atoms with E-state index in [1.807, 2.05) is 31.2 Å². The van der Waals surface area contributed by atoms with Gasteiger partial charge in [-0.3, -0.25) is 4.90 Å². The van der Waals surface area contributed by atoms with Crippen molar-refractivity contribution in [3.8, 4) is 24.7 Å². The Morgan fingerprint density at radius 3 is 1.67 bits per heavy atom. The molecule has 2 nitrogen and oxygen atoms in total. The standard InChI is InChI=1S/C22H23NO/c1-4-19-7-11-21(12-8-19)17-23(15-16-24-6-3)18-22-13-9-20(5-2)10-14-22/h1-2,7-14H,6,15-18H2,3H3. The van der Waals surface area contributed by atoms with Crippen molar-refractivity contribution < 1.29 is 4.74 Å². The Labute approximate surface area is 145 Å². The Bertz CT molecular complexity index is 642. The second-order valence-electron chi connectivity index (χ2n) is 5.59. The molecule has 0 amide bonds. The molecule has 0 unspecified atom stereocenters. The molecule has 0 bridgehead atoms. The molecule has 122 valence electrons. The predicted molar refractivity (Wildman–Crippen MR) is 99.4 cm³/mol. The lowest BCUT2D eigenvalue weighted by Gasteiger charge is -2.22. The lowest BCUT2D eigenvalue weighted by Crippen LogP contribution is -2.27. The molecule has 0 aromatic heterocycles. The summed E-state index contributed by atoms with van der Waals surface area (Å²) in [6.07, 6.45) is 10.8. The van der Waals surface area contributed by atoms with E-state index in [4.69, 9.17) is 17.6 Å². The normalized spacial score (nSPS) is 10.3. The van der Waals surface area contributed by atoms with Crippen molar-refractivity contribution in [3.63, 3.8) is 0 Å². The topological polar surface area (TPSA) is 12.5 Å². The summed E-state index contributed by atoms with van der Waals surface area (Å²) in [5, 5.41) is 0. The first-order chi connectivity index (χ1) is 11.7. The van der Waals surface area contributed by atoms with Gasteiger partial charge >= 0.3 is 0 Å². The molecule has 2 heteroatoms. The van der Waals surface area contributed by atoms with Crippen molar-refractivity contribution in [1.29, 1.82) is 0 Å². The van der Waals surface area contributed by atoms with Crippen molar-refractivity contribution in [2.45, 2.75) is 20.0 Å². The molecule has 2 aromatic carbocycles. The van der Waals surface area contributed by atoms with Gasteiger partial charge in [0, 0.05) is 37.4 Å². The summed E-state index contributed by atoms with van der Waals surface area (Å²) in [6.45, 7) is 6.07. The zero-order chi connectivity index (χ0) is 17.2. The van der Waals surface area contributed by atoms with Crippen molar-refractivity contribution in [2.24, 2.45) is 0 Å². The van der Waals surface area contributed by atoms with Crippen LogP contribution in [0, 0.1) is 24.7 Å². The second kappa shape index (κ2) is 9.58. The fraction of sp³-hybridized carbons (Fsp3) is 0.273. The molecule has 2 rings (SSSR count). The summed E-state index contributed by atoms with van der Waals surface area (Å²) in [6, 6.07) is 16.3. The van der Waals surface area contributed by atoms with Gasteiger partial charge in [-0.2, -0.15) is 0 Å². The van der Waals surface area contributed by atoms with Gasteiger partial charge in [-0.1, -0.05) is 36.1 Å². The fourth-order valence-corrected chi connectivity index (χ4v) is 2.48. The van der Waals surface area contributed by atoms with E-state index in [0.29, 0.717) is 0 Å². The largest absolute Gasteiger partial charge is 0.380 e. The van der Waals surface area contributed by atoms with Crippen LogP contribution in [0.3, 0.4) is 0 Å². The third-order valence-electron chi connectivity index (χ3n) is 3.81. The molecule has 0 atom stereocenters. The number of terminal acetylenes is 2. The van der Waals surface area contributed by atoms with Gasteiger partial charge in [0.15, 0.2) is 0 Å². The average molecular weight is 317 g/mol. The lowest BCUT2D eigenvalue weighted by atomic mass is 10.1. The van der Waals surface area contributed by atoms with Gasteiger partial charge in [-0.05, 0) is 42.3 Å². The van der Waals surface area contributed by atoms with Crippen LogP contribution >= 0.6 is 0 Å². The molecule has 0 radical (unpaired) electrons. The first kappa shape index (κ1) is 17.8. The highest BCUT2D eigenvalue weighted by molar-refractivity contribution is 5.35. The Morgan fingerprint density at radius 2 is 1.29 bits per heavy atom. The predicted octanol–water partition coefficient (Wildman–Crippen LogP) is 3.69. The van der Waals surface area contributed by atoms with Crippen LogP contribution in [0.2, 0.25) is 0 Å². The minimum atomic E-state index is 0.724. The van der Waals surface area contributed by atoms with Crippen LogP contribution in [-0.2, 0) is 17.8 Å². The maximum absolute atomic E-state index is 5.52. The van der Waals surface area contributed by atoms with Gasteiger partial charge in [0.25, 0.3) is 0 Å². The van der Waals surface area contributed by atoms with Crippen LogP contribution in [0.25, 0.3) is 0 Å². The number of hydrogen-bond acceptors (Lipinski definition) is 2. The third kappa shape index (κ3) is 5.60.